The van der Waals surface area contributed by atoms with Gasteiger partial charge in [-0.15, -0.1) is 0 Å². The largest absolute Gasteiger partial charge is 0.481 e. The van der Waals surface area contributed by atoms with E-state index in [0.717, 1.165) is 16.5 Å². The van der Waals surface area contributed by atoms with Crippen LogP contribution >= 0.6 is 0 Å². The number of fused-ring (bicyclic) bond motifs is 1. The highest BCUT2D eigenvalue weighted by atomic mass is 16.4. The lowest BCUT2D eigenvalue weighted by atomic mass is 9.97. The Morgan fingerprint density at radius 2 is 1.89 bits per heavy atom. The summed E-state index contributed by atoms with van der Waals surface area (Å²) in [7, 11) is 0. The highest BCUT2D eigenvalue weighted by Gasteiger charge is 2.16. The number of nitrogens with one attached hydrogen (secondary N) is 1. The number of carbonyl (C=O) groups is 1. The predicted octanol–water partition coefficient (Wildman–Crippen LogP) is 4.78. The van der Waals surface area contributed by atoms with Crippen LogP contribution in [0.1, 0.15) is 37.3 Å². The Balaban J connectivity index is 2.14. The topological polar surface area (TPSA) is 86.0 Å². The average molecular weight is 359 g/mol. The number of para-hydroxylation sites is 1. The number of aromatic nitrogens is 1. The van der Waals surface area contributed by atoms with Crippen molar-refractivity contribution in [3.63, 3.8) is 0 Å². The Bertz CT molecular complexity index is 1020. The van der Waals surface area contributed by atoms with Crippen LogP contribution in [0.25, 0.3) is 22.2 Å². The Hall–Kier alpha value is -3.39. The van der Waals surface area contributed by atoms with E-state index in [-0.39, 0.29) is 13.0 Å². The van der Waals surface area contributed by atoms with Crippen LogP contribution in [0.3, 0.4) is 0 Å². The standard InChI is InChI=1S/C22H21N3O2/c1-14(2)15-7-9-16(10-8-15)21-18(13-23)22(24-12-11-20(26)27)17-5-3-4-6-19(17)25-21/h3-10,14H,11-12H2,1-2H3,(H,24,25)(H,26,27). The van der Waals surface area contributed by atoms with Crippen LogP contribution in [0, 0.1) is 11.3 Å². The van der Waals surface area contributed by atoms with Crippen LogP contribution < -0.4 is 5.32 Å². The third-order valence-corrected chi connectivity index (χ3v) is 4.50. The lowest BCUT2D eigenvalue weighted by Crippen LogP contribution is -2.10. The van der Waals surface area contributed by atoms with Gasteiger partial charge in [-0.3, -0.25) is 4.79 Å². The number of benzene rings is 2. The molecule has 3 aromatic rings. The molecule has 0 aliphatic heterocycles. The molecule has 3 rings (SSSR count). The highest BCUT2D eigenvalue weighted by Crippen LogP contribution is 2.34. The molecule has 1 aromatic heterocycles. The summed E-state index contributed by atoms with van der Waals surface area (Å²) < 4.78 is 0. The van der Waals surface area contributed by atoms with Crippen molar-refractivity contribution in [3.05, 3.63) is 59.7 Å². The minimum absolute atomic E-state index is 0.0278. The molecular formula is C22H21N3O2. The lowest BCUT2D eigenvalue weighted by molar-refractivity contribution is -0.136. The Kier molecular flexibility index (Phi) is 5.37. The van der Waals surface area contributed by atoms with Crippen molar-refractivity contribution in [2.75, 3.05) is 11.9 Å². The van der Waals surface area contributed by atoms with Gasteiger partial charge >= 0.3 is 5.97 Å². The summed E-state index contributed by atoms with van der Waals surface area (Å²) in [5, 5.41) is 22.7. The van der Waals surface area contributed by atoms with Gasteiger partial charge in [0.2, 0.25) is 0 Å². The first-order chi connectivity index (χ1) is 13.0. The fraction of sp³-hybridized carbons (Fsp3) is 0.227. The van der Waals surface area contributed by atoms with Gasteiger partial charge in [0.05, 0.1) is 23.3 Å². The van der Waals surface area contributed by atoms with Crippen molar-refractivity contribution in [2.45, 2.75) is 26.2 Å². The van der Waals surface area contributed by atoms with E-state index in [9.17, 15) is 10.1 Å². The summed E-state index contributed by atoms with van der Waals surface area (Å²) in [4.78, 5) is 15.6. The molecule has 2 N–H and O–H groups in total. The number of nitriles is 1. The first kappa shape index (κ1) is 18.4. The van der Waals surface area contributed by atoms with E-state index in [1.54, 1.807) is 0 Å². The zero-order valence-electron chi connectivity index (χ0n) is 15.4. The molecule has 2 aromatic carbocycles. The predicted molar refractivity (Wildman–Crippen MR) is 107 cm³/mol. The van der Waals surface area contributed by atoms with Gasteiger partial charge in [-0.1, -0.05) is 56.3 Å². The number of hydrogen-bond donors (Lipinski definition) is 2. The third kappa shape index (κ3) is 3.90. The molecule has 0 bridgehead atoms. The average Bonchev–Trinajstić information content (AvgIpc) is 2.67. The van der Waals surface area contributed by atoms with Crippen LogP contribution in [-0.2, 0) is 4.79 Å². The van der Waals surface area contributed by atoms with Gasteiger partial charge in [-0.2, -0.15) is 5.26 Å². The Morgan fingerprint density at radius 1 is 1.19 bits per heavy atom. The third-order valence-electron chi connectivity index (χ3n) is 4.50. The summed E-state index contributed by atoms with van der Waals surface area (Å²) in [6.45, 7) is 4.51. The SMILES string of the molecule is CC(C)c1ccc(-c2nc3ccccc3c(NCCC(=O)O)c2C#N)cc1. The van der Waals surface area contributed by atoms with E-state index in [4.69, 9.17) is 10.1 Å². The van der Waals surface area contributed by atoms with Crippen LogP contribution in [0.4, 0.5) is 5.69 Å². The molecule has 0 saturated heterocycles. The maximum Gasteiger partial charge on any atom is 0.305 e. The summed E-state index contributed by atoms with van der Waals surface area (Å²) in [5.41, 5.74) is 4.51. The van der Waals surface area contributed by atoms with Crippen molar-refractivity contribution in [1.29, 1.82) is 5.26 Å². The number of rotatable bonds is 6. The van der Waals surface area contributed by atoms with Gasteiger partial charge in [0, 0.05) is 17.5 Å². The maximum absolute atomic E-state index is 10.9. The van der Waals surface area contributed by atoms with E-state index in [1.807, 2.05) is 36.4 Å². The molecular weight excluding hydrogens is 338 g/mol. The van der Waals surface area contributed by atoms with Gasteiger partial charge in [0.25, 0.3) is 0 Å². The molecule has 27 heavy (non-hydrogen) atoms. The van der Waals surface area contributed by atoms with E-state index in [2.05, 4.69) is 37.4 Å². The van der Waals surface area contributed by atoms with Crippen LogP contribution in [0.5, 0.6) is 0 Å². The highest BCUT2D eigenvalue weighted by molar-refractivity contribution is 5.98. The van der Waals surface area contributed by atoms with Crippen molar-refractivity contribution >= 4 is 22.6 Å². The van der Waals surface area contributed by atoms with Crippen molar-refractivity contribution in [2.24, 2.45) is 0 Å². The first-order valence-electron chi connectivity index (χ1n) is 8.90. The van der Waals surface area contributed by atoms with Crippen LogP contribution in [0.15, 0.2) is 48.5 Å². The lowest BCUT2D eigenvalue weighted by Gasteiger charge is -2.15. The molecule has 1 heterocycles. The number of carboxylic acids is 1. The fourth-order valence-corrected chi connectivity index (χ4v) is 3.03. The molecule has 5 heteroatoms. The Labute approximate surface area is 158 Å². The summed E-state index contributed by atoms with van der Waals surface area (Å²) in [6.07, 6.45) is -0.0278. The van der Waals surface area contributed by atoms with E-state index < -0.39 is 5.97 Å². The second-order valence-electron chi connectivity index (χ2n) is 6.69. The quantitative estimate of drug-likeness (QED) is 0.661. The van der Waals surface area contributed by atoms with Gasteiger partial charge in [0.1, 0.15) is 11.6 Å². The number of pyridine rings is 1. The van der Waals surface area contributed by atoms with Gasteiger partial charge in [-0.25, -0.2) is 4.98 Å². The van der Waals surface area contributed by atoms with Gasteiger partial charge < -0.3 is 10.4 Å². The molecule has 0 fully saturated rings. The van der Waals surface area contributed by atoms with Crippen LogP contribution in [0.2, 0.25) is 0 Å². The van der Waals surface area contributed by atoms with Gasteiger partial charge in [0.15, 0.2) is 0 Å². The van der Waals surface area contributed by atoms with Gasteiger partial charge in [-0.05, 0) is 17.5 Å². The molecule has 0 saturated carbocycles. The van der Waals surface area contributed by atoms with Crippen molar-refractivity contribution in [3.8, 4) is 17.3 Å². The number of anilines is 1. The molecule has 136 valence electrons. The molecule has 0 aliphatic carbocycles. The first-order valence-corrected chi connectivity index (χ1v) is 8.90. The molecule has 0 atom stereocenters. The van der Waals surface area contributed by atoms with E-state index in [0.29, 0.717) is 22.9 Å². The second kappa shape index (κ2) is 7.88. The number of carboxylic acid groups (broad SMARTS) is 1. The maximum atomic E-state index is 10.9. The minimum Gasteiger partial charge on any atom is -0.481 e. The molecule has 0 aliphatic rings. The second-order valence-corrected chi connectivity index (χ2v) is 6.69. The molecule has 0 amide bonds. The molecule has 0 radical (unpaired) electrons. The summed E-state index contributed by atoms with van der Waals surface area (Å²) >= 11 is 0. The van der Waals surface area contributed by atoms with E-state index >= 15 is 0 Å². The zero-order chi connectivity index (χ0) is 19.4. The number of hydrogen-bond acceptors (Lipinski definition) is 4. The van der Waals surface area contributed by atoms with Crippen molar-refractivity contribution < 1.29 is 9.90 Å². The molecule has 0 unspecified atom stereocenters. The zero-order valence-corrected chi connectivity index (χ0v) is 15.4. The Morgan fingerprint density at radius 3 is 2.52 bits per heavy atom. The number of nitrogens with zero attached hydrogens (tertiary/aromatic N) is 2. The summed E-state index contributed by atoms with van der Waals surface area (Å²) in [5.74, 6) is -0.462. The minimum atomic E-state index is -0.885. The van der Waals surface area contributed by atoms with Crippen LogP contribution in [-0.4, -0.2) is 22.6 Å². The molecule has 5 nitrogen and oxygen atoms in total. The fourth-order valence-electron chi connectivity index (χ4n) is 3.03. The van der Waals surface area contributed by atoms with E-state index in [1.165, 1.54) is 5.56 Å². The van der Waals surface area contributed by atoms with Crippen molar-refractivity contribution in [1.82, 2.24) is 4.98 Å². The number of aliphatic carboxylic acids is 1. The smallest absolute Gasteiger partial charge is 0.305 e. The summed E-state index contributed by atoms with van der Waals surface area (Å²) in [6, 6.07) is 17.9. The normalized spacial score (nSPS) is 10.7. The monoisotopic (exact) mass is 359 g/mol. The molecule has 0 spiro atoms.